The Kier molecular flexibility index (Phi) is 4.23. The molecule has 0 aliphatic heterocycles. The minimum absolute atomic E-state index is 0.0131. The maximum Gasteiger partial charge on any atom is 0.246 e. The monoisotopic (exact) mass is 281 g/mol. The molecule has 19 heavy (non-hydrogen) atoms. The fraction of sp³-hybridized carbons (Fsp3) is 0.455. The third-order valence-corrected chi connectivity index (χ3v) is 3.66. The van der Waals surface area contributed by atoms with Crippen LogP contribution in [0.5, 0.6) is 0 Å². The summed E-state index contributed by atoms with van der Waals surface area (Å²) in [6, 6.07) is 3.57. The Bertz CT molecular complexity index is 539. The van der Waals surface area contributed by atoms with Gasteiger partial charge in [0.25, 0.3) is 0 Å². The zero-order valence-electron chi connectivity index (χ0n) is 10.7. The van der Waals surface area contributed by atoms with E-state index in [1.54, 1.807) is 14.0 Å². The Morgan fingerprint density at radius 2 is 2.42 bits per heavy atom. The van der Waals surface area contributed by atoms with Crippen molar-refractivity contribution in [2.75, 3.05) is 13.7 Å². The van der Waals surface area contributed by atoms with Gasteiger partial charge in [0.15, 0.2) is 0 Å². The molecule has 0 aliphatic carbocycles. The molecule has 0 bridgehead atoms. The molecule has 0 radical (unpaired) electrons. The van der Waals surface area contributed by atoms with Gasteiger partial charge in [-0.2, -0.15) is 4.80 Å². The van der Waals surface area contributed by atoms with Crippen molar-refractivity contribution in [3.63, 3.8) is 0 Å². The van der Waals surface area contributed by atoms with Gasteiger partial charge in [0, 0.05) is 7.05 Å². The van der Waals surface area contributed by atoms with Crippen molar-refractivity contribution in [1.82, 2.24) is 25.1 Å². The zero-order chi connectivity index (χ0) is 13.8. The molecule has 0 aliphatic rings. The van der Waals surface area contributed by atoms with Crippen LogP contribution in [0.3, 0.4) is 0 Å². The lowest BCUT2D eigenvalue weighted by molar-refractivity contribution is -0.133. The summed E-state index contributed by atoms with van der Waals surface area (Å²) in [6.45, 7) is 1.70. The summed E-state index contributed by atoms with van der Waals surface area (Å²) in [7, 11) is 1.64. The maximum absolute atomic E-state index is 11.9. The van der Waals surface area contributed by atoms with Crippen molar-refractivity contribution in [2.45, 2.75) is 19.5 Å². The molecule has 8 heteroatoms. The first-order valence-corrected chi connectivity index (χ1v) is 6.68. The first-order valence-electron chi connectivity index (χ1n) is 5.80. The van der Waals surface area contributed by atoms with Crippen LogP contribution in [-0.2, 0) is 11.3 Å². The summed E-state index contributed by atoms with van der Waals surface area (Å²) < 4.78 is 0. The second kappa shape index (κ2) is 5.89. The number of hydrogen-bond donors (Lipinski definition) is 1. The molecule has 2 rings (SSSR count). The average molecular weight is 281 g/mol. The van der Waals surface area contributed by atoms with Crippen LogP contribution in [0.4, 0.5) is 0 Å². The highest BCUT2D eigenvalue weighted by Gasteiger charge is 2.17. The van der Waals surface area contributed by atoms with Gasteiger partial charge in [0.05, 0.1) is 17.5 Å². The predicted octanol–water partition coefficient (Wildman–Crippen LogP) is 0.241. The molecule has 1 N–H and O–H groups in total. The van der Waals surface area contributed by atoms with Crippen molar-refractivity contribution >= 4 is 17.2 Å². The maximum atomic E-state index is 11.9. The van der Waals surface area contributed by atoms with Gasteiger partial charge in [0.2, 0.25) is 11.7 Å². The van der Waals surface area contributed by atoms with Crippen LogP contribution in [0.25, 0.3) is 10.7 Å². The van der Waals surface area contributed by atoms with Gasteiger partial charge in [-0.05, 0) is 23.6 Å². The van der Waals surface area contributed by atoms with E-state index in [-0.39, 0.29) is 25.1 Å². The minimum Gasteiger partial charge on any atom is -0.394 e. The van der Waals surface area contributed by atoms with E-state index in [4.69, 9.17) is 5.11 Å². The molecule has 0 fully saturated rings. The number of amides is 1. The summed E-state index contributed by atoms with van der Waals surface area (Å²) in [6.07, 6.45) is 0. The molecule has 0 aromatic carbocycles. The quantitative estimate of drug-likeness (QED) is 0.848. The highest BCUT2D eigenvalue weighted by Crippen LogP contribution is 2.19. The first kappa shape index (κ1) is 13.6. The van der Waals surface area contributed by atoms with Gasteiger partial charge in [-0.15, -0.1) is 21.5 Å². The standard InChI is InChI=1S/C11H15N5O2S/c1-8(7-17)15(2)10(18)6-16-13-11(12-14-16)9-4-3-5-19-9/h3-5,8,17H,6-7H2,1-2H3. The number of rotatable bonds is 5. The average Bonchev–Trinajstić information content (AvgIpc) is 3.06. The van der Waals surface area contributed by atoms with Crippen LogP contribution in [0, 0.1) is 0 Å². The van der Waals surface area contributed by atoms with E-state index in [1.807, 2.05) is 17.5 Å². The molecule has 2 heterocycles. The molecule has 102 valence electrons. The summed E-state index contributed by atoms with van der Waals surface area (Å²) in [4.78, 5) is 15.5. The van der Waals surface area contributed by atoms with Crippen LogP contribution in [-0.4, -0.2) is 55.8 Å². The van der Waals surface area contributed by atoms with Crippen LogP contribution in [0.2, 0.25) is 0 Å². The summed E-state index contributed by atoms with van der Waals surface area (Å²) in [5.41, 5.74) is 0. The topological polar surface area (TPSA) is 84.1 Å². The third-order valence-electron chi connectivity index (χ3n) is 2.79. The van der Waals surface area contributed by atoms with Crippen LogP contribution < -0.4 is 0 Å². The lowest BCUT2D eigenvalue weighted by Gasteiger charge is -2.22. The number of nitrogens with zero attached hydrogens (tertiary/aromatic N) is 5. The molecule has 0 spiro atoms. The van der Waals surface area contributed by atoms with E-state index >= 15 is 0 Å². The van der Waals surface area contributed by atoms with Gasteiger partial charge in [-0.1, -0.05) is 6.07 Å². The third kappa shape index (κ3) is 3.15. The van der Waals surface area contributed by atoms with Crippen molar-refractivity contribution < 1.29 is 9.90 Å². The molecule has 0 saturated heterocycles. The zero-order valence-corrected chi connectivity index (χ0v) is 11.5. The van der Waals surface area contributed by atoms with E-state index < -0.39 is 0 Å². The van der Waals surface area contributed by atoms with E-state index in [0.29, 0.717) is 5.82 Å². The van der Waals surface area contributed by atoms with Gasteiger partial charge < -0.3 is 10.0 Å². The number of tetrazole rings is 1. The van der Waals surface area contributed by atoms with Gasteiger partial charge >= 0.3 is 0 Å². The summed E-state index contributed by atoms with van der Waals surface area (Å²) in [5, 5.41) is 22.9. The fourth-order valence-corrected chi connectivity index (χ4v) is 2.06. The lowest BCUT2D eigenvalue weighted by atomic mass is 10.3. The molecular formula is C11H15N5O2S. The number of thiophene rings is 1. The number of aliphatic hydroxyl groups is 1. The van der Waals surface area contributed by atoms with Gasteiger partial charge in [-0.25, -0.2) is 0 Å². The van der Waals surface area contributed by atoms with Gasteiger partial charge in [0.1, 0.15) is 6.54 Å². The number of carbonyl (C=O) groups excluding carboxylic acids is 1. The van der Waals surface area contributed by atoms with Gasteiger partial charge in [-0.3, -0.25) is 4.79 Å². The molecule has 1 atom stereocenters. The summed E-state index contributed by atoms with van der Waals surface area (Å²) in [5.74, 6) is 0.345. The summed E-state index contributed by atoms with van der Waals surface area (Å²) >= 11 is 1.52. The molecule has 7 nitrogen and oxygen atoms in total. The minimum atomic E-state index is -0.229. The van der Waals surface area contributed by atoms with Crippen LogP contribution in [0.15, 0.2) is 17.5 Å². The van der Waals surface area contributed by atoms with Crippen molar-refractivity contribution in [2.24, 2.45) is 0 Å². The first-order chi connectivity index (χ1) is 9.11. The van der Waals surface area contributed by atoms with E-state index in [2.05, 4.69) is 15.4 Å². The highest BCUT2D eigenvalue weighted by atomic mass is 32.1. The molecule has 0 saturated carbocycles. The second-order valence-electron chi connectivity index (χ2n) is 4.16. The number of aromatic nitrogens is 4. The number of likely N-dealkylation sites (N-methyl/N-ethyl adjacent to an activating group) is 1. The van der Waals surface area contributed by atoms with E-state index in [0.717, 1.165) is 4.88 Å². The van der Waals surface area contributed by atoms with E-state index in [9.17, 15) is 4.79 Å². The Labute approximate surface area is 114 Å². The number of hydrogen-bond acceptors (Lipinski definition) is 6. The van der Waals surface area contributed by atoms with E-state index in [1.165, 1.54) is 21.0 Å². The van der Waals surface area contributed by atoms with Crippen LogP contribution in [0.1, 0.15) is 6.92 Å². The largest absolute Gasteiger partial charge is 0.394 e. The fourth-order valence-electron chi connectivity index (χ4n) is 1.42. The van der Waals surface area contributed by atoms with Crippen molar-refractivity contribution in [3.8, 4) is 10.7 Å². The molecular weight excluding hydrogens is 266 g/mol. The Hall–Kier alpha value is -1.80. The molecule has 2 aromatic rings. The predicted molar refractivity (Wildman–Crippen MR) is 70.4 cm³/mol. The number of carbonyl (C=O) groups is 1. The second-order valence-corrected chi connectivity index (χ2v) is 5.10. The molecule has 1 amide bonds. The Morgan fingerprint density at radius 3 is 3.05 bits per heavy atom. The number of aliphatic hydroxyl groups excluding tert-OH is 1. The van der Waals surface area contributed by atoms with Crippen LogP contribution >= 0.6 is 11.3 Å². The SMILES string of the molecule is CC(CO)N(C)C(=O)Cn1nnc(-c2cccs2)n1. The van der Waals surface area contributed by atoms with Crippen molar-refractivity contribution in [3.05, 3.63) is 17.5 Å². The molecule has 2 aromatic heterocycles. The normalized spacial score (nSPS) is 12.4. The highest BCUT2D eigenvalue weighted by molar-refractivity contribution is 7.13. The lowest BCUT2D eigenvalue weighted by Crippen LogP contribution is -2.39. The van der Waals surface area contributed by atoms with Crippen molar-refractivity contribution in [1.29, 1.82) is 0 Å². The molecule has 1 unspecified atom stereocenters. The Morgan fingerprint density at radius 1 is 1.63 bits per heavy atom. The Balaban J connectivity index is 2.02. The smallest absolute Gasteiger partial charge is 0.246 e.